The van der Waals surface area contributed by atoms with Crippen molar-refractivity contribution in [3.63, 3.8) is 0 Å². The molecule has 1 aromatic carbocycles. The normalized spacial score (nSPS) is 25.4. The number of likely N-dealkylation sites (tertiary alicyclic amines) is 1. The van der Waals surface area contributed by atoms with Gasteiger partial charge in [-0.1, -0.05) is 41.7 Å². The number of para-hydroxylation sites is 1. The zero-order chi connectivity index (χ0) is 15.6. The maximum absolute atomic E-state index is 12.7. The molecule has 3 aliphatic rings. The molecule has 3 heterocycles. The summed E-state index contributed by atoms with van der Waals surface area (Å²) in [5, 5.41) is 0.0364. The maximum Gasteiger partial charge on any atom is 0.236 e. The molecular weight excluding hydrogens is 328 g/mol. The zero-order valence-corrected chi connectivity index (χ0v) is 14.6. The number of carbonyl (C=O) groups is 1. The molecule has 1 atom stereocenters. The van der Waals surface area contributed by atoms with Gasteiger partial charge in [-0.3, -0.25) is 4.79 Å². The molecule has 0 radical (unpaired) electrons. The summed E-state index contributed by atoms with van der Waals surface area (Å²) in [6.07, 6.45) is 2.89. The van der Waals surface area contributed by atoms with Crippen LogP contribution < -0.4 is 0 Å². The average molecular weight is 348 g/mol. The molecule has 1 unspecified atom stereocenters. The minimum atomic E-state index is 0.0364. The molecule has 122 valence electrons. The van der Waals surface area contributed by atoms with Crippen molar-refractivity contribution < 1.29 is 9.53 Å². The number of rotatable bonds is 2. The number of amides is 1. The Morgan fingerprint density at radius 1 is 1.22 bits per heavy atom. The third-order valence-electron chi connectivity index (χ3n) is 4.62. The second kappa shape index (κ2) is 6.87. The van der Waals surface area contributed by atoms with Crippen molar-refractivity contribution in [1.29, 1.82) is 0 Å². The van der Waals surface area contributed by atoms with E-state index in [1.165, 1.54) is 5.56 Å². The van der Waals surface area contributed by atoms with E-state index in [9.17, 15) is 4.79 Å². The molecule has 0 aromatic heterocycles. The van der Waals surface area contributed by atoms with Crippen molar-refractivity contribution in [2.24, 2.45) is 4.99 Å². The Hall–Kier alpha value is -0.980. The Kier molecular flexibility index (Phi) is 4.64. The van der Waals surface area contributed by atoms with Crippen LogP contribution in [0.15, 0.2) is 29.3 Å². The van der Waals surface area contributed by atoms with Gasteiger partial charge in [-0.05, 0) is 30.9 Å². The highest BCUT2D eigenvalue weighted by atomic mass is 32.2. The van der Waals surface area contributed by atoms with Crippen LogP contribution in [0, 0.1) is 0 Å². The van der Waals surface area contributed by atoms with Crippen molar-refractivity contribution in [2.75, 3.05) is 19.8 Å². The fourth-order valence-corrected chi connectivity index (χ4v) is 5.68. The van der Waals surface area contributed by atoms with Crippen molar-refractivity contribution in [2.45, 2.75) is 36.3 Å². The first-order valence-electron chi connectivity index (χ1n) is 8.15. The first-order valence-corrected chi connectivity index (χ1v) is 10.0. The molecule has 0 saturated carbocycles. The quantitative estimate of drug-likeness (QED) is 0.821. The third kappa shape index (κ3) is 3.30. The van der Waals surface area contributed by atoms with Crippen molar-refractivity contribution in [1.82, 2.24) is 4.90 Å². The molecule has 2 saturated heterocycles. The molecule has 3 aliphatic heterocycles. The number of fused-ring (bicyclic) bond motifs is 1. The summed E-state index contributed by atoms with van der Waals surface area (Å²) < 4.78 is 6.45. The lowest BCUT2D eigenvalue weighted by Crippen LogP contribution is -2.41. The molecule has 23 heavy (non-hydrogen) atoms. The molecule has 1 amide bonds. The van der Waals surface area contributed by atoms with Crippen molar-refractivity contribution >= 4 is 39.5 Å². The Balaban J connectivity index is 1.42. The van der Waals surface area contributed by atoms with E-state index in [-0.39, 0.29) is 5.25 Å². The van der Waals surface area contributed by atoms with Crippen LogP contribution in [0.4, 0.5) is 5.69 Å². The lowest BCUT2D eigenvalue weighted by molar-refractivity contribution is -0.130. The highest BCUT2D eigenvalue weighted by molar-refractivity contribution is 8.39. The second-order valence-electron chi connectivity index (χ2n) is 6.07. The number of nitrogens with zero attached hydrogens (tertiary/aromatic N) is 2. The fourth-order valence-electron chi connectivity index (χ4n) is 3.34. The number of carbonyl (C=O) groups excluding carboxylic acids is 1. The van der Waals surface area contributed by atoms with Crippen LogP contribution in [0.1, 0.15) is 24.8 Å². The predicted octanol–water partition coefficient (Wildman–Crippen LogP) is 3.43. The van der Waals surface area contributed by atoms with Gasteiger partial charge < -0.3 is 9.64 Å². The predicted molar refractivity (Wildman–Crippen MR) is 96.4 cm³/mol. The van der Waals surface area contributed by atoms with E-state index in [4.69, 9.17) is 9.73 Å². The van der Waals surface area contributed by atoms with E-state index < -0.39 is 0 Å². The van der Waals surface area contributed by atoms with Gasteiger partial charge in [0.15, 0.2) is 0 Å². The average Bonchev–Trinajstić information content (AvgIpc) is 2.96. The van der Waals surface area contributed by atoms with Gasteiger partial charge in [0.05, 0.1) is 10.9 Å². The van der Waals surface area contributed by atoms with Gasteiger partial charge in [0, 0.05) is 31.6 Å². The first kappa shape index (κ1) is 15.5. The van der Waals surface area contributed by atoms with E-state index in [2.05, 4.69) is 23.1 Å². The smallest absolute Gasteiger partial charge is 0.236 e. The van der Waals surface area contributed by atoms with Crippen molar-refractivity contribution in [3.05, 3.63) is 29.8 Å². The first-order chi connectivity index (χ1) is 11.3. The van der Waals surface area contributed by atoms with Gasteiger partial charge in [-0.25, -0.2) is 4.99 Å². The maximum atomic E-state index is 12.7. The Morgan fingerprint density at radius 3 is 2.91 bits per heavy atom. The summed E-state index contributed by atoms with van der Waals surface area (Å²) in [5.41, 5.74) is 2.34. The van der Waals surface area contributed by atoms with E-state index in [0.717, 1.165) is 54.8 Å². The SMILES string of the molecule is O=C1C(SC2=Nc3ccccc3CS2)CCN1C1CCOCC1. The summed E-state index contributed by atoms with van der Waals surface area (Å²) in [6.45, 7) is 2.45. The number of aliphatic imine (C=N–C) groups is 1. The number of ether oxygens (including phenoxy) is 1. The van der Waals surface area contributed by atoms with E-state index in [1.54, 1.807) is 23.5 Å². The molecule has 4 rings (SSSR count). The van der Waals surface area contributed by atoms with Gasteiger partial charge in [-0.15, -0.1) is 0 Å². The molecule has 4 nitrogen and oxygen atoms in total. The number of benzene rings is 1. The zero-order valence-electron chi connectivity index (χ0n) is 12.9. The largest absolute Gasteiger partial charge is 0.381 e. The van der Waals surface area contributed by atoms with Gasteiger partial charge in [0.25, 0.3) is 0 Å². The lowest BCUT2D eigenvalue weighted by Gasteiger charge is -2.31. The van der Waals surface area contributed by atoms with Crippen molar-refractivity contribution in [3.8, 4) is 0 Å². The number of hydrogen-bond donors (Lipinski definition) is 0. The van der Waals surface area contributed by atoms with Gasteiger partial charge >= 0.3 is 0 Å². The van der Waals surface area contributed by atoms with Crippen LogP contribution in [0.25, 0.3) is 0 Å². The van der Waals surface area contributed by atoms with Crippen LogP contribution in [-0.2, 0) is 15.3 Å². The molecule has 6 heteroatoms. The molecule has 0 N–H and O–H groups in total. The minimum absolute atomic E-state index is 0.0364. The summed E-state index contributed by atoms with van der Waals surface area (Å²) in [4.78, 5) is 19.5. The van der Waals surface area contributed by atoms with Gasteiger partial charge in [0.2, 0.25) is 5.91 Å². The third-order valence-corrected chi connectivity index (χ3v) is 7.07. The summed E-state index contributed by atoms with van der Waals surface area (Å²) >= 11 is 3.41. The number of thioether (sulfide) groups is 2. The highest BCUT2D eigenvalue weighted by Crippen LogP contribution is 2.38. The molecule has 0 aliphatic carbocycles. The summed E-state index contributed by atoms with van der Waals surface area (Å²) in [5.74, 6) is 1.25. The monoisotopic (exact) mass is 348 g/mol. The standard InChI is InChI=1S/C17H20N2O2S2/c20-16-15(5-8-19(16)13-6-9-21-10-7-13)23-17-18-14-4-2-1-3-12(14)11-22-17/h1-4,13,15H,5-11H2. The van der Waals surface area contributed by atoms with E-state index >= 15 is 0 Å². The summed E-state index contributed by atoms with van der Waals surface area (Å²) in [7, 11) is 0. The molecular formula is C17H20N2O2S2. The Morgan fingerprint density at radius 2 is 2.04 bits per heavy atom. The molecule has 1 aromatic rings. The Bertz CT molecular complexity index is 629. The van der Waals surface area contributed by atoms with Crippen LogP contribution >= 0.6 is 23.5 Å². The number of hydrogen-bond acceptors (Lipinski definition) is 5. The van der Waals surface area contributed by atoms with E-state index in [1.807, 2.05) is 6.07 Å². The lowest BCUT2D eigenvalue weighted by atomic mass is 10.1. The topological polar surface area (TPSA) is 41.9 Å². The molecule has 0 bridgehead atoms. The second-order valence-corrected chi connectivity index (χ2v) is 8.48. The summed E-state index contributed by atoms with van der Waals surface area (Å²) in [6, 6.07) is 8.64. The Labute approximate surface area is 145 Å². The van der Waals surface area contributed by atoms with E-state index in [0.29, 0.717) is 11.9 Å². The fraction of sp³-hybridized carbons (Fsp3) is 0.529. The van der Waals surface area contributed by atoms with Gasteiger partial charge in [0.1, 0.15) is 4.38 Å². The van der Waals surface area contributed by atoms with Crippen LogP contribution in [0.2, 0.25) is 0 Å². The molecule has 2 fully saturated rings. The molecule has 0 spiro atoms. The highest BCUT2D eigenvalue weighted by Gasteiger charge is 2.37. The minimum Gasteiger partial charge on any atom is -0.381 e. The van der Waals surface area contributed by atoms with Crippen LogP contribution in [0.5, 0.6) is 0 Å². The van der Waals surface area contributed by atoms with Gasteiger partial charge in [-0.2, -0.15) is 0 Å². The van der Waals surface area contributed by atoms with Crippen LogP contribution in [0.3, 0.4) is 0 Å². The van der Waals surface area contributed by atoms with Crippen LogP contribution in [-0.4, -0.2) is 46.2 Å².